The molecule has 1 aromatic rings. The van der Waals surface area contributed by atoms with E-state index in [0.717, 1.165) is 17.8 Å². The molecule has 1 heterocycles. The summed E-state index contributed by atoms with van der Waals surface area (Å²) < 4.78 is 28.3. The van der Waals surface area contributed by atoms with E-state index in [4.69, 9.17) is 0 Å². The topological polar surface area (TPSA) is 58.2 Å². The largest absolute Gasteiger partial charge is 0.312 e. The van der Waals surface area contributed by atoms with Gasteiger partial charge in [0.15, 0.2) is 0 Å². The van der Waals surface area contributed by atoms with Gasteiger partial charge in [0.1, 0.15) is 4.90 Å². The first-order valence-electron chi connectivity index (χ1n) is 6.83. The predicted octanol–water partition coefficient (Wildman–Crippen LogP) is 3.33. The van der Waals surface area contributed by atoms with Gasteiger partial charge in [-0.1, -0.05) is 27.2 Å². The van der Waals surface area contributed by atoms with Crippen molar-refractivity contribution in [2.75, 3.05) is 6.54 Å². The summed E-state index contributed by atoms with van der Waals surface area (Å²) in [5, 5.41) is 3.20. The highest BCUT2D eigenvalue weighted by molar-refractivity contribution is 9.11. The van der Waals surface area contributed by atoms with Gasteiger partial charge in [-0.25, -0.2) is 13.1 Å². The fourth-order valence-electron chi connectivity index (χ4n) is 1.69. The Labute approximate surface area is 134 Å². The van der Waals surface area contributed by atoms with E-state index in [1.54, 1.807) is 6.07 Å². The second-order valence-corrected chi connectivity index (χ2v) is 9.06. The van der Waals surface area contributed by atoms with Crippen LogP contribution < -0.4 is 10.0 Å². The van der Waals surface area contributed by atoms with E-state index in [9.17, 15) is 8.42 Å². The van der Waals surface area contributed by atoms with Crippen LogP contribution in [0.3, 0.4) is 0 Å². The van der Waals surface area contributed by atoms with Crippen LogP contribution in [-0.2, 0) is 16.6 Å². The lowest BCUT2D eigenvalue weighted by atomic mass is 10.0. The summed E-state index contributed by atoms with van der Waals surface area (Å²) in [6, 6.07) is 1.66. The van der Waals surface area contributed by atoms with Gasteiger partial charge in [-0.2, -0.15) is 0 Å². The number of hydrogen-bond acceptors (Lipinski definition) is 4. The molecule has 1 rings (SSSR count). The number of rotatable bonds is 8. The summed E-state index contributed by atoms with van der Waals surface area (Å²) in [5.74, 6) is 0.309. The first-order chi connectivity index (χ1) is 9.31. The van der Waals surface area contributed by atoms with Crippen LogP contribution >= 0.6 is 27.3 Å². The van der Waals surface area contributed by atoms with Crippen LogP contribution in [0.15, 0.2) is 14.7 Å². The Kier molecular flexibility index (Phi) is 7.14. The van der Waals surface area contributed by atoms with Crippen molar-refractivity contribution in [2.24, 2.45) is 5.92 Å². The lowest BCUT2D eigenvalue weighted by Gasteiger charge is -2.19. The van der Waals surface area contributed by atoms with E-state index >= 15 is 0 Å². The van der Waals surface area contributed by atoms with Crippen molar-refractivity contribution in [1.29, 1.82) is 0 Å². The minimum Gasteiger partial charge on any atom is -0.312 e. The Balaban J connectivity index is 2.89. The van der Waals surface area contributed by atoms with Crippen molar-refractivity contribution in [3.8, 4) is 0 Å². The zero-order valence-corrected chi connectivity index (χ0v) is 15.6. The van der Waals surface area contributed by atoms with Crippen LogP contribution in [0.1, 0.15) is 39.0 Å². The first kappa shape index (κ1) is 18.1. The molecule has 0 aromatic carbocycles. The van der Waals surface area contributed by atoms with E-state index in [-0.39, 0.29) is 6.04 Å². The van der Waals surface area contributed by atoms with Gasteiger partial charge in [0.25, 0.3) is 0 Å². The molecule has 0 saturated carbocycles. The van der Waals surface area contributed by atoms with Crippen LogP contribution in [-0.4, -0.2) is 21.0 Å². The van der Waals surface area contributed by atoms with Gasteiger partial charge >= 0.3 is 0 Å². The summed E-state index contributed by atoms with van der Waals surface area (Å²) in [6.45, 7) is 9.59. The van der Waals surface area contributed by atoms with Gasteiger partial charge in [-0.3, -0.25) is 0 Å². The van der Waals surface area contributed by atoms with E-state index in [0.29, 0.717) is 21.1 Å². The Morgan fingerprint density at radius 1 is 1.35 bits per heavy atom. The van der Waals surface area contributed by atoms with E-state index < -0.39 is 10.0 Å². The van der Waals surface area contributed by atoms with Crippen LogP contribution in [0.25, 0.3) is 0 Å². The molecule has 0 aliphatic carbocycles. The molecule has 2 atom stereocenters. The molecule has 0 saturated heterocycles. The summed E-state index contributed by atoms with van der Waals surface area (Å²) >= 11 is 4.82. The summed E-state index contributed by atoms with van der Waals surface area (Å²) in [6.07, 6.45) is 0.945. The van der Waals surface area contributed by atoms with E-state index in [1.807, 2.05) is 20.8 Å². The van der Waals surface area contributed by atoms with Gasteiger partial charge < -0.3 is 5.32 Å². The molecule has 4 nitrogen and oxygen atoms in total. The van der Waals surface area contributed by atoms with Gasteiger partial charge in [-0.05, 0) is 41.4 Å². The van der Waals surface area contributed by atoms with Crippen molar-refractivity contribution < 1.29 is 8.42 Å². The number of thiophene rings is 1. The summed E-state index contributed by atoms with van der Waals surface area (Å²) in [5.41, 5.74) is 0. The fourth-order valence-corrected chi connectivity index (χ4v) is 5.70. The van der Waals surface area contributed by atoms with E-state index in [2.05, 4.69) is 32.9 Å². The van der Waals surface area contributed by atoms with Crippen LogP contribution in [0.5, 0.6) is 0 Å². The lowest BCUT2D eigenvalue weighted by molar-refractivity contribution is 0.434. The molecule has 0 spiro atoms. The zero-order chi connectivity index (χ0) is 15.3. The van der Waals surface area contributed by atoms with Crippen molar-refractivity contribution in [3.05, 3.63) is 14.7 Å². The molecule has 1 aromatic heterocycles. The maximum absolute atomic E-state index is 12.4. The molecule has 0 fully saturated rings. The van der Waals surface area contributed by atoms with Crippen molar-refractivity contribution in [2.45, 2.75) is 51.6 Å². The maximum atomic E-state index is 12.4. The molecular formula is C13H23BrN2O2S2. The van der Waals surface area contributed by atoms with Crippen molar-refractivity contribution >= 4 is 37.3 Å². The number of nitrogens with one attached hydrogen (secondary N) is 2. The standard InChI is InChI=1S/C13H23BrN2O2S2/c1-5-9(3)10(4)16-20(17,18)12-7-11(8-15-6-2)19-13(12)14/h7,9-10,15-16H,5-6,8H2,1-4H3. The molecule has 116 valence electrons. The fraction of sp³-hybridized carbons (Fsp3) is 0.692. The number of halogens is 1. The van der Waals surface area contributed by atoms with Crippen LogP contribution in [0.2, 0.25) is 0 Å². The Hall–Kier alpha value is 0.0500. The first-order valence-corrected chi connectivity index (χ1v) is 9.92. The highest BCUT2D eigenvalue weighted by atomic mass is 79.9. The minimum absolute atomic E-state index is 0.0750. The smallest absolute Gasteiger partial charge is 0.242 e. The molecule has 0 bridgehead atoms. The Bertz CT molecular complexity index is 528. The highest BCUT2D eigenvalue weighted by Gasteiger charge is 2.24. The third kappa shape index (κ3) is 4.80. The zero-order valence-electron chi connectivity index (χ0n) is 12.4. The molecular weight excluding hydrogens is 360 g/mol. The Morgan fingerprint density at radius 3 is 2.55 bits per heavy atom. The maximum Gasteiger partial charge on any atom is 0.242 e. The Morgan fingerprint density at radius 2 is 2.00 bits per heavy atom. The normalized spacial score (nSPS) is 15.2. The SMILES string of the molecule is CCNCc1cc(S(=O)(=O)NC(C)C(C)CC)c(Br)s1. The second-order valence-electron chi connectivity index (χ2n) is 4.93. The molecule has 7 heteroatoms. The molecule has 0 amide bonds. The minimum atomic E-state index is -3.46. The quantitative estimate of drug-likeness (QED) is 0.724. The predicted molar refractivity (Wildman–Crippen MR) is 88.6 cm³/mol. The third-order valence-corrected chi connectivity index (χ3v) is 7.19. The van der Waals surface area contributed by atoms with E-state index in [1.165, 1.54) is 11.3 Å². The van der Waals surface area contributed by atoms with Gasteiger partial charge in [0.05, 0.1) is 3.79 Å². The summed E-state index contributed by atoms with van der Waals surface area (Å²) in [4.78, 5) is 1.35. The monoisotopic (exact) mass is 382 g/mol. The lowest BCUT2D eigenvalue weighted by Crippen LogP contribution is -2.36. The van der Waals surface area contributed by atoms with Gasteiger partial charge in [0, 0.05) is 17.5 Å². The molecule has 2 unspecified atom stereocenters. The molecule has 2 N–H and O–H groups in total. The summed E-state index contributed by atoms with van der Waals surface area (Å²) in [7, 11) is -3.46. The van der Waals surface area contributed by atoms with Gasteiger partial charge in [-0.15, -0.1) is 11.3 Å². The molecule has 0 aliphatic heterocycles. The van der Waals surface area contributed by atoms with Crippen molar-refractivity contribution in [3.63, 3.8) is 0 Å². The second kappa shape index (κ2) is 7.89. The van der Waals surface area contributed by atoms with Crippen LogP contribution in [0.4, 0.5) is 0 Å². The third-order valence-electron chi connectivity index (χ3n) is 3.38. The van der Waals surface area contributed by atoms with Gasteiger partial charge in [0.2, 0.25) is 10.0 Å². The van der Waals surface area contributed by atoms with Crippen LogP contribution in [0, 0.1) is 5.92 Å². The highest BCUT2D eigenvalue weighted by Crippen LogP contribution is 2.32. The van der Waals surface area contributed by atoms with Crippen molar-refractivity contribution in [1.82, 2.24) is 10.0 Å². The molecule has 0 aliphatic rings. The molecule has 20 heavy (non-hydrogen) atoms. The number of hydrogen-bond donors (Lipinski definition) is 2. The number of sulfonamides is 1. The molecule has 0 radical (unpaired) electrons. The average Bonchev–Trinajstić information content (AvgIpc) is 2.76. The average molecular weight is 383 g/mol.